The third-order valence-corrected chi connectivity index (χ3v) is 3.88. The van der Waals surface area contributed by atoms with E-state index in [0.717, 1.165) is 5.56 Å². The van der Waals surface area contributed by atoms with Crippen LogP contribution < -0.4 is 11.1 Å². The smallest absolute Gasteiger partial charge is 0.180 e. The minimum atomic E-state index is 0.156. The third kappa shape index (κ3) is 3.50. The van der Waals surface area contributed by atoms with Crippen LogP contribution in [0.15, 0.2) is 61.1 Å². The van der Waals surface area contributed by atoms with Gasteiger partial charge in [-0.1, -0.05) is 30.3 Å². The molecule has 1 aromatic carbocycles. The fourth-order valence-corrected chi connectivity index (χ4v) is 2.69. The van der Waals surface area contributed by atoms with Gasteiger partial charge >= 0.3 is 0 Å². The van der Waals surface area contributed by atoms with Crippen LogP contribution in [0.3, 0.4) is 0 Å². The van der Waals surface area contributed by atoms with Crippen molar-refractivity contribution in [1.29, 1.82) is 0 Å². The van der Waals surface area contributed by atoms with Gasteiger partial charge in [-0.05, 0) is 29.9 Å². The lowest BCUT2D eigenvalue weighted by atomic mass is 10.2. The van der Waals surface area contributed by atoms with Gasteiger partial charge in [-0.2, -0.15) is 5.10 Å². The lowest BCUT2D eigenvalue weighted by molar-refractivity contribution is 0.687. The Morgan fingerprint density at radius 2 is 1.92 bits per heavy atom. The second-order valence-corrected chi connectivity index (χ2v) is 6.14. The fraction of sp³-hybridized carbons (Fsp3) is 0.0556. The van der Waals surface area contributed by atoms with Crippen LogP contribution >= 0.6 is 12.2 Å². The number of pyridine rings is 1. The van der Waals surface area contributed by atoms with E-state index in [1.165, 1.54) is 5.56 Å². The average Bonchev–Trinajstić information content (AvgIpc) is 3.10. The highest BCUT2D eigenvalue weighted by Gasteiger charge is 2.08. The van der Waals surface area contributed by atoms with Crippen molar-refractivity contribution in [3.63, 3.8) is 0 Å². The molecule has 0 spiro atoms. The maximum Gasteiger partial charge on any atom is 0.180 e. The summed E-state index contributed by atoms with van der Waals surface area (Å²) in [5.41, 5.74) is 9.46. The van der Waals surface area contributed by atoms with Crippen LogP contribution in [0, 0.1) is 0 Å². The van der Waals surface area contributed by atoms with E-state index in [9.17, 15) is 0 Å². The van der Waals surface area contributed by atoms with Gasteiger partial charge in [0.25, 0.3) is 0 Å². The molecule has 26 heavy (non-hydrogen) atoms. The maximum absolute atomic E-state index is 5.49. The van der Waals surface area contributed by atoms with Crippen molar-refractivity contribution in [2.45, 2.75) is 6.54 Å². The molecule has 0 saturated carbocycles. The molecule has 7 nitrogen and oxygen atoms in total. The van der Waals surface area contributed by atoms with Crippen LogP contribution in [-0.4, -0.2) is 29.8 Å². The predicted octanol–water partition coefficient (Wildman–Crippen LogP) is 2.59. The molecule has 8 heteroatoms. The maximum atomic E-state index is 5.49. The molecule has 0 bridgehead atoms. The van der Waals surface area contributed by atoms with E-state index in [4.69, 9.17) is 18.0 Å². The van der Waals surface area contributed by atoms with E-state index in [0.29, 0.717) is 29.2 Å². The van der Waals surface area contributed by atoms with Gasteiger partial charge in [0.15, 0.2) is 10.8 Å². The monoisotopic (exact) mass is 361 g/mol. The third-order valence-electron chi connectivity index (χ3n) is 3.77. The number of nitrogens with two attached hydrogens (primary N) is 1. The summed E-state index contributed by atoms with van der Waals surface area (Å²) >= 11 is 4.84. The number of rotatable bonds is 4. The molecule has 0 atom stereocenters. The van der Waals surface area contributed by atoms with Crippen molar-refractivity contribution in [3.8, 4) is 11.3 Å². The summed E-state index contributed by atoms with van der Waals surface area (Å²) < 4.78 is 1.87. The van der Waals surface area contributed by atoms with Gasteiger partial charge in [-0.15, -0.1) is 0 Å². The van der Waals surface area contributed by atoms with E-state index < -0.39 is 0 Å². The van der Waals surface area contributed by atoms with Crippen molar-refractivity contribution in [2.24, 2.45) is 5.73 Å². The Labute approximate surface area is 154 Å². The van der Waals surface area contributed by atoms with E-state index in [1.54, 1.807) is 18.5 Å². The molecule has 0 saturated heterocycles. The number of anilines is 1. The number of nitrogens with zero attached hydrogens (tertiary/aromatic N) is 5. The predicted molar refractivity (Wildman–Crippen MR) is 105 cm³/mol. The number of aromatic nitrogens is 5. The number of nitrogens with one attached hydrogen (secondary N) is 1. The van der Waals surface area contributed by atoms with Crippen molar-refractivity contribution in [1.82, 2.24) is 24.7 Å². The van der Waals surface area contributed by atoms with E-state index in [2.05, 4.69) is 37.5 Å². The van der Waals surface area contributed by atoms with Gasteiger partial charge in [-0.3, -0.25) is 9.67 Å². The summed E-state index contributed by atoms with van der Waals surface area (Å²) in [7, 11) is 0. The molecule has 128 valence electrons. The highest BCUT2D eigenvalue weighted by molar-refractivity contribution is 7.80. The molecule has 3 N–H and O–H groups in total. The Morgan fingerprint density at radius 3 is 2.73 bits per heavy atom. The standard InChI is InChI=1S/C18H15N7S/c19-18(26)24-16-7-6-14-17(23-16)22-15(9-20-14)13-8-21-25(11-13)10-12-4-2-1-3-5-12/h1-9,11H,10H2,(H3,19,22,23,24,26). The second kappa shape index (κ2) is 6.85. The van der Waals surface area contributed by atoms with E-state index in [1.807, 2.05) is 35.1 Å². The summed E-state index contributed by atoms with van der Waals surface area (Å²) in [6.45, 7) is 0.697. The number of fused-ring (bicyclic) bond motifs is 1. The molecule has 4 rings (SSSR count). The number of hydrogen-bond acceptors (Lipinski definition) is 5. The lowest BCUT2D eigenvalue weighted by Crippen LogP contribution is -2.19. The molecule has 4 aromatic rings. The van der Waals surface area contributed by atoms with Gasteiger partial charge < -0.3 is 11.1 Å². The Kier molecular flexibility index (Phi) is 4.24. The molecule has 3 aromatic heterocycles. The van der Waals surface area contributed by atoms with Crippen molar-refractivity contribution < 1.29 is 0 Å². The minimum Gasteiger partial charge on any atom is -0.376 e. The topological polar surface area (TPSA) is 94.5 Å². The molecule has 3 heterocycles. The first-order valence-corrected chi connectivity index (χ1v) is 8.35. The highest BCUT2D eigenvalue weighted by Crippen LogP contribution is 2.19. The number of benzene rings is 1. The largest absolute Gasteiger partial charge is 0.376 e. The summed E-state index contributed by atoms with van der Waals surface area (Å²) in [5, 5.41) is 7.36. The first-order chi connectivity index (χ1) is 12.7. The zero-order valence-electron chi connectivity index (χ0n) is 13.7. The Hall–Kier alpha value is -3.39. The zero-order valence-corrected chi connectivity index (χ0v) is 14.5. The Balaban J connectivity index is 1.63. The Morgan fingerprint density at radius 1 is 1.08 bits per heavy atom. The fourth-order valence-electron chi connectivity index (χ4n) is 2.59. The number of thiocarbonyl (C=S) groups is 1. The van der Waals surface area contributed by atoms with Crippen LogP contribution in [-0.2, 0) is 6.54 Å². The van der Waals surface area contributed by atoms with Gasteiger partial charge in [-0.25, -0.2) is 9.97 Å². The van der Waals surface area contributed by atoms with Crippen molar-refractivity contribution in [2.75, 3.05) is 5.32 Å². The zero-order chi connectivity index (χ0) is 17.9. The molecule has 0 aliphatic carbocycles. The van der Waals surface area contributed by atoms with Crippen LogP contribution in [0.1, 0.15) is 5.56 Å². The van der Waals surface area contributed by atoms with E-state index in [-0.39, 0.29) is 5.11 Å². The van der Waals surface area contributed by atoms with Crippen LogP contribution in [0.5, 0.6) is 0 Å². The Bertz CT molecular complexity index is 1080. The van der Waals surface area contributed by atoms with Crippen molar-refractivity contribution >= 4 is 34.3 Å². The molecule has 0 aliphatic heterocycles. The van der Waals surface area contributed by atoms with Crippen molar-refractivity contribution in [3.05, 3.63) is 66.6 Å². The highest BCUT2D eigenvalue weighted by atomic mass is 32.1. The number of hydrogen-bond donors (Lipinski definition) is 2. The van der Waals surface area contributed by atoms with Crippen LogP contribution in [0.4, 0.5) is 5.82 Å². The summed E-state index contributed by atoms with van der Waals surface area (Å²) in [6.07, 6.45) is 5.43. The summed E-state index contributed by atoms with van der Waals surface area (Å²) in [4.78, 5) is 13.4. The quantitative estimate of drug-likeness (QED) is 0.540. The van der Waals surface area contributed by atoms with Crippen LogP contribution in [0.25, 0.3) is 22.4 Å². The first-order valence-electron chi connectivity index (χ1n) is 7.94. The van der Waals surface area contributed by atoms with Gasteiger partial charge in [0.05, 0.1) is 24.6 Å². The van der Waals surface area contributed by atoms with Gasteiger partial charge in [0, 0.05) is 11.8 Å². The summed E-state index contributed by atoms with van der Waals surface area (Å²) in [5.74, 6) is 0.538. The molecule has 0 unspecified atom stereocenters. The molecular formula is C18H15N7S. The molecule has 0 fully saturated rings. The molecular weight excluding hydrogens is 346 g/mol. The van der Waals surface area contributed by atoms with Gasteiger partial charge in [0.2, 0.25) is 0 Å². The lowest BCUT2D eigenvalue weighted by Gasteiger charge is -2.04. The second-order valence-electron chi connectivity index (χ2n) is 5.70. The van der Waals surface area contributed by atoms with E-state index >= 15 is 0 Å². The van der Waals surface area contributed by atoms with Gasteiger partial charge in [0.1, 0.15) is 11.3 Å². The molecule has 0 aliphatic rings. The normalized spacial score (nSPS) is 10.8. The van der Waals surface area contributed by atoms with Crippen LogP contribution in [0.2, 0.25) is 0 Å². The average molecular weight is 361 g/mol. The molecule has 0 radical (unpaired) electrons. The molecule has 0 amide bonds. The SMILES string of the molecule is NC(=S)Nc1ccc2ncc(-c3cnn(Cc4ccccc4)c3)nc2n1. The minimum absolute atomic E-state index is 0.156. The first kappa shape index (κ1) is 16.1. The summed E-state index contributed by atoms with van der Waals surface area (Å²) in [6, 6.07) is 13.7.